The van der Waals surface area contributed by atoms with Crippen LogP contribution in [0.2, 0.25) is 0 Å². The van der Waals surface area contributed by atoms with E-state index in [0.717, 1.165) is 21.5 Å². The first-order chi connectivity index (χ1) is 7.31. The van der Waals surface area contributed by atoms with Crippen LogP contribution in [0.25, 0.3) is 11.3 Å². The predicted octanol–water partition coefficient (Wildman–Crippen LogP) is 2.34. The van der Waals surface area contributed by atoms with Crippen molar-refractivity contribution in [2.75, 3.05) is 12.4 Å². The summed E-state index contributed by atoms with van der Waals surface area (Å²) in [6.45, 7) is 0. The van der Waals surface area contributed by atoms with Gasteiger partial charge in [0.05, 0.1) is 0 Å². The van der Waals surface area contributed by atoms with Gasteiger partial charge in [0.1, 0.15) is 12.0 Å². The molecule has 1 aromatic carbocycles. The van der Waals surface area contributed by atoms with Crippen LogP contribution in [0.4, 0.5) is 5.82 Å². The highest BCUT2D eigenvalue weighted by Gasteiger charge is 2.06. The molecule has 0 atom stereocenters. The van der Waals surface area contributed by atoms with Crippen LogP contribution < -0.4 is 5.32 Å². The third-order valence-electron chi connectivity index (χ3n) is 1.96. The Hall–Kier alpha value is -1.49. The SMILES string of the molecule is CNc1ncnnc1-c1cccc(Br)c1. The van der Waals surface area contributed by atoms with E-state index < -0.39 is 0 Å². The van der Waals surface area contributed by atoms with E-state index >= 15 is 0 Å². The molecule has 4 nitrogen and oxygen atoms in total. The van der Waals surface area contributed by atoms with Gasteiger partial charge < -0.3 is 5.32 Å². The molecule has 0 saturated carbocycles. The zero-order chi connectivity index (χ0) is 10.7. The van der Waals surface area contributed by atoms with E-state index in [0.29, 0.717) is 0 Å². The molecule has 0 radical (unpaired) electrons. The minimum Gasteiger partial charge on any atom is -0.371 e. The second kappa shape index (κ2) is 4.35. The van der Waals surface area contributed by atoms with Gasteiger partial charge in [0.25, 0.3) is 0 Å². The van der Waals surface area contributed by atoms with Crippen molar-refractivity contribution in [1.29, 1.82) is 0 Å². The van der Waals surface area contributed by atoms with Gasteiger partial charge in [-0.1, -0.05) is 28.1 Å². The molecule has 0 aliphatic rings. The van der Waals surface area contributed by atoms with Gasteiger partial charge in [0.15, 0.2) is 5.82 Å². The first kappa shape index (κ1) is 10.0. The Morgan fingerprint density at radius 1 is 1.33 bits per heavy atom. The number of hydrogen-bond acceptors (Lipinski definition) is 4. The Morgan fingerprint density at radius 3 is 2.93 bits per heavy atom. The van der Waals surface area contributed by atoms with Crippen LogP contribution >= 0.6 is 15.9 Å². The number of nitrogens with one attached hydrogen (secondary N) is 1. The van der Waals surface area contributed by atoms with E-state index in [-0.39, 0.29) is 0 Å². The Kier molecular flexibility index (Phi) is 2.91. The highest BCUT2D eigenvalue weighted by atomic mass is 79.9. The van der Waals surface area contributed by atoms with Crippen LogP contribution in [-0.2, 0) is 0 Å². The fraction of sp³-hybridized carbons (Fsp3) is 0.100. The summed E-state index contributed by atoms with van der Waals surface area (Å²) >= 11 is 3.42. The van der Waals surface area contributed by atoms with Crippen molar-refractivity contribution in [3.8, 4) is 11.3 Å². The summed E-state index contributed by atoms with van der Waals surface area (Å²) in [5.41, 5.74) is 1.73. The van der Waals surface area contributed by atoms with E-state index in [1.165, 1.54) is 6.33 Å². The van der Waals surface area contributed by atoms with Crippen LogP contribution in [0, 0.1) is 0 Å². The molecule has 1 heterocycles. The average Bonchev–Trinajstić information content (AvgIpc) is 2.29. The summed E-state index contributed by atoms with van der Waals surface area (Å²) in [5.74, 6) is 0.725. The average molecular weight is 265 g/mol. The molecule has 0 fully saturated rings. The molecule has 2 aromatic rings. The fourth-order valence-electron chi connectivity index (χ4n) is 1.29. The smallest absolute Gasteiger partial charge is 0.156 e. The van der Waals surface area contributed by atoms with Gasteiger partial charge in [-0.25, -0.2) is 4.98 Å². The lowest BCUT2D eigenvalue weighted by atomic mass is 10.1. The van der Waals surface area contributed by atoms with E-state index in [9.17, 15) is 0 Å². The molecule has 5 heteroatoms. The van der Waals surface area contributed by atoms with Gasteiger partial charge in [0, 0.05) is 17.1 Å². The van der Waals surface area contributed by atoms with Crippen molar-refractivity contribution in [3.05, 3.63) is 35.1 Å². The molecule has 1 N–H and O–H groups in total. The molecule has 0 spiro atoms. The topological polar surface area (TPSA) is 50.7 Å². The van der Waals surface area contributed by atoms with Gasteiger partial charge in [0.2, 0.25) is 0 Å². The fourth-order valence-corrected chi connectivity index (χ4v) is 1.69. The maximum absolute atomic E-state index is 4.10. The van der Waals surface area contributed by atoms with Crippen molar-refractivity contribution < 1.29 is 0 Å². The van der Waals surface area contributed by atoms with Gasteiger partial charge in [-0.2, -0.15) is 0 Å². The maximum Gasteiger partial charge on any atom is 0.156 e. The van der Waals surface area contributed by atoms with Gasteiger partial charge in [-0.05, 0) is 12.1 Å². The zero-order valence-electron chi connectivity index (χ0n) is 8.11. The molecule has 0 bridgehead atoms. The molecule has 0 amide bonds. The highest BCUT2D eigenvalue weighted by molar-refractivity contribution is 9.10. The second-order valence-corrected chi connectivity index (χ2v) is 3.83. The molecule has 0 aliphatic carbocycles. The van der Waals surface area contributed by atoms with Crippen molar-refractivity contribution >= 4 is 21.7 Å². The third kappa shape index (κ3) is 2.12. The lowest BCUT2D eigenvalue weighted by Gasteiger charge is -2.05. The van der Waals surface area contributed by atoms with E-state index in [1.54, 1.807) is 0 Å². The highest BCUT2D eigenvalue weighted by Crippen LogP contribution is 2.24. The monoisotopic (exact) mass is 264 g/mol. The van der Waals surface area contributed by atoms with Crippen LogP contribution in [0.3, 0.4) is 0 Å². The van der Waals surface area contributed by atoms with Crippen molar-refractivity contribution in [3.63, 3.8) is 0 Å². The summed E-state index contributed by atoms with van der Waals surface area (Å²) < 4.78 is 1.01. The summed E-state index contributed by atoms with van der Waals surface area (Å²) in [6.07, 6.45) is 1.42. The molecular formula is C10H9BrN4. The number of aromatic nitrogens is 3. The summed E-state index contributed by atoms with van der Waals surface area (Å²) in [7, 11) is 1.81. The van der Waals surface area contributed by atoms with Crippen molar-refractivity contribution in [1.82, 2.24) is 15.2 Å². The normalized spacial score (nSPS) is 10.0. The Labute approximate surface area is 95.9 Å². The molecule has 76 valence electrons. The molecule has 0 saturated heterocycles. The minimum atomic E-state index is 0.725. The zero-order valence-corrected chi connectivity index (χ0v) is 9.69. The van der Waals surface area contributed by atoms with Gasteiger partial charge in [-0.3, -0.25) is 0 Å². The predicted molar refractivity (Wildman–Crippen MR) is 62.5 cm³/mol. The van der Waals surface area contributed by atoms with Gasteiger partial charge in [-0.15, -0.1) is 10.2 Å². The maximum atomic E-state index is 4.10. The van der Waals surface area contributed by atoms with Crippen LogP contribution in [-0.4, -0.2) is 22.2 Å². The van der Waals surface area contributed by atoms with E-state index in [4.69, 9.17) is 0 Å². The standard InChI is InChI=1S/C10H9BrN4/c1-12-10-9(15-14-6-13-10)7-3-2-4-8(11)5-7/h2-6H,1H3,(H,12,13,14). The summed E-state index contributed by atoms with van der Waals surface area (Å²) in [5, 5.41) is 10.8. The number of benzene rings is 1. The summed E-state index contributed by atoms with van der Waals surface area (Å²) in [4.78, 5) is 4.10. The Balaban J connectivity index is 2.53. The van der Waals surface area contributed by atoms with Gasteiger partial charge >= 0.3 is 0 Å². The number of halogens is 1. The Morgan fingerprint density at radius 2 is 2.20 bits per heavy atom. The number of rotatable bonds is 2. The largest absolute Gasteiger partial charge is 0.371 e. The second-order valence-electron chi connectivity index (χ2n) is 2.92. The van der Waals surface area contributed by atoms with Crippen LogP contribution in [0.1, 0.15) is 0 Å². The first-order valence-electron chi connectivity index (χ1n) is 4.42. The molecule has 15 heavy (non-hydrogen) atoms. The lowest BCUT2D eigenvalue weighted by molar-refractivity contribution is 0.978. The third-order valence-corrected chi connectivity index (χ3v) is 2.45. The number of nitrogens with zero attached hydrogens (tertiary/aromatic N) is 3. The molecular weight excluding hydrogens is 256 g/mol. The number of anilines is 1. The Bertz CT molecular complexity index is 472. The lowest BCUT2D eigenvalue weighted by Crippen LogP contribution is -1.99. The molecule has 0 aliphatic heterocycles. The van der Waals surface area contributed by atoms with E-state index in [1.807, 2.05) is 31.3 Å². The summed E-state index contributed by atoms with van der Waals surface area (Å²) in [6, 6.07) is 7.86. The molecule has 2 rings (SSSR count). The van der Waals surface area contributed by atoms with Crippen LogP contribution in [0.15, 0.2) is 35.1 Å². The number of hydrogen-bond donors (Lipinski definition) is 1. The molecule has 0 unspecified atom stereocenters. The quantitative estimate of drug-likeness (QED) is 0.905. The van der Waals surface area contributed by atoms with Crippen molar-refractivity contribution in [2.24, 2.45) is 0 Å². The van der Waals surface area contributed by atoms with E-state index in [2.05, 4.69) is 36.4 Å². The van der Waals surface area contributed by atoms with Crippen molar-refractivity contribution in [2.45, 2.75) is 0 Å². The first-order valence-corrected chi connectivity index (χ1v) is 5.22. The molecule has 1 aromatic heterocycles. The van der Waals surface area contributed by atoms with Crippen LogP contribution in [0.5, 0.6) is 0 Å². The minimum absolute atomic E-state index is 0.725.